The predicted molar refractivity (Wildman–Crippen MR) is 134 cm³/mol. The molecule has 5 rings (SSSR count). The van der Waals surface area contributed by atoms with Crippen LogP contribution in [-0.2, 0) is 17.8 Å². The van der Waals surface area contributed by atoms with E-state index >= 15 is 0 Å². The van der Waals surface area contributed by atoms with Crippen molar-refractivity contribution >= 4 is 55.6 Å². The molecule has 1 N–H and O–H groups in total. The Morgan fingerprint density at radius 3 is 2.88 bits per heavy atom. The molecule has 0 saturated carbocycles. The molecule has 1 aliphatic rings. The third-order valence-electron chi connectivity index (χ3n) is 5.50. The standard InChI is InChI=1S/C24H20N4O3S2/c1-27-12-11-17-20(14-27)33-24(22(17)23-25-18-7-2-3-8-19(18)32-23)26-21(29)10-9-15-5-4-6-16(13-15)28(30)31/h2-10,13H,11-12,14H2,1H3,(H,26,29). The summed E-state index contributed by atoms with van der Waals surface area (Å²) in [5.74, 6) is -0.282. The first-order chi connectivity index (χ1) is 16.0. The summed E-state index contributed by atoms with van der Waals surface area (Å²) < 4.78 is 1.11. The van der Waals surface area contributed by atoms with Gasteiger partial charge in [-0.05, 0) is 42.8 Å². The number of aromatic nitrogens is 1. The molecule has 7 nitrogen and oxygen atoms in total. The van der Waals surface area contributed by atoms with Crippen LogP contribution in [0, 0.1) is 10.1 Å². The van der Waals surface area contributed by atoms with Crippen LogP contribution in [0.4, 0.5) is 10.7 Å². The van der Waals surface area contributed by atoms with E-state index in [1.54, 1.807) is 40.9 Å². The van der Waals surface area contributed by atoms with Crippen molar-refractivity contribution < 1.29 is 9.72 Å². The van der Waals surface area contributed by atoms with Crippen LogP contribution in [0.15, 0.2) is 54.6 Å². The van der Waals surface area contributed by atoms with E-state index in [-0.39, 0.29) is 11.6 Å². The highest BCUT2D eigenvalue weighted by Gasteiger charge is 2.26. The Labute approximate surface area is 198 Å². The van der Waals surface area contributed by atoms with Gasteiger partial charge in [-0.1, -0.05) is 24.3 Å². The predicted octanol–water partition coefficient (Wildman–Crippen LogP) is 5.57. The third-order valence-corrected chi connectivity index (χ3v) is 7.69. The summed E-state index contributed by atoms with van der Waals surface area (Å²) in [4.78, 5) is 31.7. The highest BCUT2D eigenvalue weighted by atomic mass is 32.1. The molecule has 3 heterocycles. The van der Waals surface area contributed by atoms with Gasteiger partial charge in [0, 0.05) is 41.7 Å². The van der Waals surface area contributed by atoms with E-state index in [9.17, 15) is 14.9 Å². The number of nitrogens with one attached hydrogen (secondary N) is 1. The number of nitrogens with zero attached hydrogens (tertiary/aromatic N) is 3. The van der Waals surface area contributed by atoms with Crippen molar-refractivity contribution in [2.75, 3.05) is 18.9 Å². The number of nitro benzene ring substituents is 1. The topological polar surface area (TPSA) is 88.4 Å². The van der Waals surface area contributed by atoms with Gasteiger partial charge < -0.3 is 10.2 Å². The Bertz CT molecular complexity index is 1370. The Kier molecular flexibility index (Phi) is 5.76. The van der Waals surface area contributed by atoms with Gasteiger partial charge in [0.05, 0.1) is 15.1 Å². The van der Waals surface area contributed by atoms with E-state index in [1.165, 1.54) is 28.6 Å². The maximum Gasteiger partial charge on any atom is 0.270 e. The molecule has 166 valence electrons. The molecule has 0 bridgehead atoms. The van der Waals surface area contributed by atoms with Gasteiger partial charge in [-0.25, -0.2) is 4.98 Å². The first kappa shape index (κ1) is 21.4. The second kappa shape index (κ2) is 8.86. The minimum absolute atomic E-state index is 0.00858. The van der Waals surface area contributed by atoms with Crippen molar-refractivity contribution in [3.63, 3.8) is 0 Å². The van der Waals surface area contributed by atoms with Crippen LogP contribution in [0.5, 0.6) is 0 Å². The summed E-state index contributed by atoms with van der Waals surface area (Å²) in [6.07, 6.45) is 3.90. The Morgan fingerprint density at radius 1 is 1.21 bits per heavy atom. The molecule has 1 amide bonds. The SMILES string of the molecule is CN1CCc2c(sc(NC(=O)C=Cc3cccc([N+](=O)[O-])c3)c2-c2nc3ccccc3s2)C1. The van der Waals surface area contributed by atoms with Crippen LogP contribution in [0.2, 0.25) is 0 Å². The number of anilines is 1. The molecule has 33 heavy (non-hydrogen) atoms. The van der Waals surface area contributed by atoms with Crippen molar-refractivity contribution in [3.8, 4) is 10.6 Å². The summed E-state index contributed by atoms with van der Waals surface area (Å²) in [6, 6.07) is 14.2. The van der Waals surface area contributed by atoms with Crippen LogP contribution in [0.25, 0.3) is 26.9 Å². The van der Waals surface area contributed by atoms with Crippen LogP contribution >= 0.6 is 22.7 Å². The summed E-state index contributed by atoms with van der Waals surface area (Å²) in [5.41, 5.74) is 3.81. The van der Waals surface area contributed by atoms with E-state index < -0.39 is 4.92 Å². The van der Waals surface area contributed by atoms with Crippen LogP contribution in [0.3, 0.4) is 0 Å². The minimum atomic E-state index is -0.450. The fraction of sp³-hybridized carbons (Fsp3) is 0.167. The Morgan fingerprint density at radius 2 is 2.06 bits per heavy atom. The van der Waals surface area contributed by atoms with Gasteiger partial charge in [0.1, 0.15) is 10.0 Å². The number of amides is 1. The first-order valence-electron chi connectivity index (χ1n) is 10.4. The lowest BCUT2D eigenvalue weighted by molar-refractivity contribution is -0.384. The smallest absolute Gasteiger partial charge is 0.270 e. The molecular weight excluding hydrogens is 456 g/mol. The fourth-order valence-electron chi connectivity index (χ4n) is 3.89. The van der Waals surface area contributed by atoms with Gasteiger partial charge in [-0.3, -0.25) is 14.9 Å². The summed E-state index contributed by atoms with van der Waals surface area (Å²) >= 11 is 3.23. The zero-order valence-corrected chi connectivity index (χ0v) is 19.4. The maximum atomic E-state index is 12.8. The molecule has 9 heteroatoms. The van der Waals surface area contributed by atoms with Crippen molar-refractivity contribution in [1.29, 1.82) is 0 Å². The van der Waals surface area contributed by atoms with Gasteiger partial charge in [0.2, 0.25) is 5.91 Å². The zero-order valence-electron chi connectivity index (χ0n) is 17.8. The van der Waals surface area contributed by atoms with Crippen molar-refractivity contribution in [2.24, 2.45) is 0 Å². The molecule has 2 aromatic heterocycles. The number of benzene rings is 2. The number of hydrogen-bond acceptors (Lipinski definition) is 7. The molecule has 0 atom stereocenters. The molecule has 0 unspecified atom stereocenters. The largest absolute Gasteiger partial charge is 0.313 e. The molecule has 2 aromatic carbocycles. The Balaban J connectivity index is 1.47. The number of likely N-dealkylation sites (N-methyl/N-ethyl adjacent to an activating group) is 1. The molecule has 0 spiro atoms. The van der Waals surface area contributed by atoms with Gasteiger partial charge in [0.25, 0.3) is 5.69 Å². The molecule has 0 saturated heterocycles. The lowest BCUT2D eigenvalue weighted by atomic mass is 10.0. The number of carbonyl (C=O) groups is 1. The number of non-ortho nitro benzene ring substituents is 1. The number of fused-ring (bicyclic) bond motifs is 2. The number of thiophene rings is 1. The number of para-hydroxylation sites is 1. The highest BCUT2D eigenvalue weighted by Crippen LogP contribution is 2.45. The third kappa shape index (κ3) is 4.43. The maximum absolute atomic E-state index is 12.8. The first-order valence-corrected chi connectivity index (χ1v) is 12.0. The number of thiazole rings is 1. The normalized spacial score (nSPS) is 14.0. The number of hydrogen-bond donors (Lipinski definition) is 1. The van der Waals surface area contributed by atoms with E-state index in [4.69, 9.17) is 4.98 Å². The number of rotatable bonds is 5. The van der Waals surface area contributed by atoms with Crippen LogP contribution < -0.4 is 5.32 Å². The monoisotopic (exact) mass is 476 g/mol. The van der Waals surface area contributed by atoms with Crippen LogP contribution in [0.1, 0.15) is 16.0 Å². The second-order valence-corrected chi connectivity index (χ2v) is 9.99. The van der Waals surface area contributed by atoms with E-state index in [0.29, 0.717) is 5.56 Å². The van der Waals surface area contributed by atoms with E-state index in [1.807, 2.05) is 18.2 Å². The molecule has 0 radical (unpaired) electrons. The molecule has 1 aliphatic heterocycles. The zero-order chi connectivity index (χ0) is 22.9. The average molecular weight is 477 g/mol. The van der Waals surface area contributed by atoms with E-state index in [2.05, 4.69) is 23.3 Å². The quantitative estimate of drug-likeness (QED) is 0.231. The molecule has 4 aromatic rings. The van der Waals surface area contributed by atoms with Crippen molar-refractivity contribution in [1.82, 2.24) is 9.88 Å². The van der Waals surface area contributed by atoms with Crippen molar-refractivity contribution in [3.05, 3.63) is 80.7 Å². The van der Waals surface area contributed by atoms with Gasteiger partial charge in [-0.15, -0.1) is 22.7 Å². The highest BCUT2D eigenvalue weighted by molar-refractivity contribution is 7.22. The molecular formula is C24H20N4O3S2. The number of carbonyl (C=O) groups excluding carboxylic acids is 1. The van der Waals surface area contributed by atoms with E-state index in [0.717, 1.165) is 45.3 Å². The lowest BCUT2D eigenvalue weighted by Gasteiger charge is -2.22. The minimum Gasteiger partial charge on any atom is -0.313 e. The van der Waals surface area contributed by atoms with Gasteiger partial charge in [-0.2, -0.15) is 0 Å². The number of nitro groups is 1. The fourth-order valence-corrected chi connectivity index (χ4v) is 6.33. The Hall–Kier alpha value is -3.40. The summed E-state index contributed by atoms with van der Waals surface area (Å²) in [7, 11) is 2.10. The molecule has 0 fully saturated rings. The second-order valence-electron chi connectivity index (χ2n) is 7.86. The lowest BCUT2D eigenvalue weighted by Crippen LogP contribution is -2.25. The van der Waals surface area contributed by atoms with Gasteiger partial charge in [0.15, 0.2) is 0 Å². The van der Waals surface area contributed by atoms with Crippen LogP contribution in [-0.4, -0.2) is 34.3 Å². The van der Waals surface area contributed by atoms with Crippen molar-refractivity contribution in [2.45, 2.75) is 13.0 Å². The average Bonchev–Trinajstić information content (AvgIpc) is 3.38. The van der Waals surface area contributed by atoms with Gasteiger partial charge >= 0.3 is 0 Å². The molecule has 0 aliphatic carbocycles. The summed E-state index contributed by atoms with van der Waals surface area (Å²) in [6.45, 7) is 1.80. The summed E-state index contributed by atoms with van der Waals surface area (Å²) in [5, 5.41) is 15.7.